The van der Waals surface area contributed by atoms with Crippen LogP contribution in [0.15, 0.2) is 48.5 Å². The van der Waals surface area contributed by atoms with Gasteiger partial charge in [-0.3, -0.25) is 4.79 Å². The molecule has 4 rings (SSSR count). The number of halogens is 2. The molecule has 0 radical (unpaired) electrons. The number of alkyl halides is 2. The molecule has 1 heterocycles. The molecule has 1 saturated heterocycles. The topological polar surface area (TPSA) is 95.9 Å². The lowest BCUT2D eigenvalue weighted by atomic mass is 9.92. The van der Waals surface area contributed by atoms with Crippen LogP contribution in [-0.4, -0.2) is 59.1 Å². The normalized spacial score (nSPS) is 19.4. The highest BCUT2D eigenvalue weighted by Crippen LogP contribution is 2.44. The lowest BCUT2D eigenvalue weighted by molar-refractivity contribution is -0.170. The molecule has 9 heteroatoms. The van der Waals surface area contributed by atoms with Crippen molar-refractivity contribution in [3.63, 3.8) is 0 Å². The van der Waals surface area contributed by atoms with Crippen molar-refractivity contribution < 1.29 is 33.0 Å². The van der Waals surface area contributed by atoms with Crippen molar-refractivity contribution in [3.8, 4) is 11.1 Å². The predicted octanol–water partition coefficient (Wildman–Crippen LogP) is 4.02. The van der Waals surface area contributed by atoms with Gasteiger partial charge in [0.25, 0.3) is 5.91 Å². The number of fused-ring (bicyclic) bond motifs is 3. The highest BCUT2D eigenvalue weighted by Gasteiger charge is 2.54. The Morgan fingerprint density at radius 1 is 1.12 bits per heavy atom. The molecule has 0 bridgehead atoms. The molecule has 0 spiro atoms. The van der Waals surface area contributed by atoms with Crippen LogP contribution < -0.4 is 5.32 Å². The van der Waals surface area contributed by atoms with Crippen LogP contribution in [0.2, 0.25) is 0 Å². The average molecular weight is 472 g/mol. The third-order valence-electron chi connectivity index (χ3n) is 6.83. The van der Waals surface area contributed by atoms with E-state index in [0.29, 0.717) is 6.42 Å². The van der Waals surface area contributed by atoms with E-state index in [2.05, 4.69) is 0 Å². The zero-order valence-electron chi connectivity index (χ0n) is 18.7. The fourth-order valence-corrected chi connectivity index (χ4v) is 5.02. The number of carboxylic acids is 1. The van der Waals surface area contributed by atoms with Crippen LogP contribution in [0.1, 0.15) is 43.2 Å². The number of rotatable bonds is 7. The SMILES string of the molecule is CCC1(C(=O)O)CCCN1C(=O)C(F)(F)CNC(=O)OCC1c2ccccc2-c2ccccc21. The summed E-state index contributed by atoms with van der Waals surface area (Å²) in [6.45, 7) is 0.147. The van der Waals surface area contributed by atoms with Crippen LogP contribution >= 0.6 is 0 Å². The smallest absolute Gasteiger partial charge is 0.407 e. The van der Waals surface area contributed by atoms with Gasteiger partial charge in [-0.25, -0.2) is 9.59 Å². The number of ether oxygens (including phenoxy) is 1. The fraction of sp³-hybridized carbons (Fsp3) is 0.400. The van der Waals surface area contributed by atoms with E-state index in [1.807, 2.05) is 53.8 Å². The Labute approximate surface area is 195 Å². The lowest BCUT2D eigenvalue weighted by Crippen LogP contribution is -2.59. The monoisotopic (exact) mass is 472 g/mol. The number of carbonyl (C=O) groups excluding carboxylic acids is 2. The second kappa shape index (κ2) is 9.04. The van der Waals surface area contributed by atoms with Crippen molar-refractivity contribution in [1.82, 2.24) is 10.2 Å². The number of nitrogens with one attached hydrogen (secondary N) is 1. The van der Waals surface area contributed by atoms with E-state index in [4.69, 9.17) is 4.74 Å². The summed E-state index contributed by atoms with van der Waals surface area (Å²) in [7, 11) is 0. The van der Waals surface area contributed by atoms with Crippen LogP contribution in [-0.2, 0) is 14.3 Å². The molecule has 2 amide bonds. The van der Waals surface area contributed by atoms with E-state index in [0.717, 1.165) is 27.2 Å². The second-order valence-electron chi connectivity index (χ2n) is 8.63. The van der Waals surface area contributed by atoms with Gasteiger partial charge in [0.15, 0.2) is 0 Å². The third-order valence-corrected chi connectivity index (χ3v) is 6.83. The summed E-state index contributed by atoms with van der Waals surface area (Å²) < 4.78 is 34.5. The molecule has 1 fully saturated rings. The van der Waals surface area contributed by atoms with Crippen LogP contribution in [0.25, 0.3) is 11.1 Å². The Bertz CT molecular complexity index is 1080. The maximum atomic E-state index is 14.7. The van der Waals surface area contributed by atoms with Gasteiger partial charge in [-0.1, -0.05) is 55.5 Å². The number of nitrogens with zero attached hydrogens (tertiary/aromatic N) is 1. The molecule has 1 aliphatic carbocycles. The standard InChI is InChI=1S/C25H26F2N2O5/c1-2-24(22(31)32)12-7-13-29(24)21(30)25(26,27)15-28-23(33)34-14-20-18-10-5-3-8-16(18)17-9-4-6-11-19(17)20/h3-6,8-11,20H,2,7,12-15H2,1H3,(H,28,33)(H,31,32). The van der Waals surface area contributed by atoms with Crippen LogP contribution in [0.3, 0.4) is 0 Å². The average Bonchev–Trinajstić information content (AvgIpc) is 3.41. The maximum Gasteiger partial charge on any atom is 0.407 e. The zero-order valence-corrected chi connectivity index (χ0v) is 18.7. The van der Waals surface area contributed by atoms with Gasteiger partial charge in [0.2, 0.25) is 0 Å². The first-order valence-electron chi connectivity index (χ1n) is 11.2. The van der Waals surface area contributed by atoms with Crippen LogP contribution in [0, 0.1) is 0 Å². The number of carbonyl (C=O) groups is 3. The van der Waals surface area contributed by atoms with E-state index < -0.39 is 36.0 Å². The molecule has 2 N–H and O–H groups in total. The molecule has 1 unspecified atom stereocenters. The summed E-state index contributed by atoms with van der Waals surface area (Å²) in [6.07, 6.45) is -0.623. The Morgan fingerprint density at radius 3 is 2.26 bits per heavy atom. The maximum absolute atomic E-state index is 14.7. The Hall–Kier alpha value is -3.49. The predicted molar refractivity (Wildman–Crippen MR) is 120 cm³/mol. The van der Waals surface area contributed by atoms with Crippen molar-refractivity contribution in [3.05, 3.63) is 59.7 Å². The summed E-state index contributed by atoms with van der Waals surface area (Å²) in [4.78, 5) is 37.2. The van der Waals surface area contributed by atoms with Crippen LogP contribution in [0.4, 0.5) is 13.6 Å². The Balaban J connectivity index is 1.38. The van der Waals surface area contributed by atoms with Gasteiger partial charge in [0, 0.05) is 12.5 Å². The van der Waals surface area contributed by atoms with Crippen molar-refractivity contribution in [2.24, 2.45) is 0 Å². The molecular weight excluding hydrogens is 446 g/mol. The zero-order chi connectivity index (χ0) is 24.5. The molecule has 180 valence electrons. The molecule has 1 aliphatic heterocycles. The molecule has 2 aromatic rings. The van der Waals surface area contributed by atoms with E-state index in [9.17, 15) is 28.3 Å². The minimum Gasteiger partial charge on any atom is -0.479 e. The summed E-state index contributed by atoms with van der Waals surface area (Å²) in [5, 5.41) is 11.5. The number of aliphatic carboxylic acids is 1. The number of carboxylic acid groups (broad SMARTS) is 1. The number of alkyl carbamates (subject to hydrolysis) is 1. The fourth-order valence-electron chi connectivity index (χ4n) is 5.02. The minimum atomic E-state index is -3.97. The molecule has 7 nitrogen and oxygen atoms in total. The lowest BCUT2D eigenvalue weighted by Gasteiger charge is -2.35. The molecule has 2 aromatic carbocycles. The van der Waals surface area contributed by atoms with Crippen molar-refractivity contribution in [1.29, 1.82) is 0 Å². The quantitative estimate of drug-likeness (QED) is 0.635. The van der Waals surface area contributed by atoms with Gasteiger partial charge in [0.1, 0.15) is 12.1 Å². The van der Waals surface area contributed by atoms with Crippen molar-refractivity contribution in [2.75, 3.05) is 19.7 Å². The van der Waals surface area contributed by atoms with E-state index in [1.54, 1.807) is 6.92 Å². The summed E-state index contributed by atoms with van der Waals surface area (Å²) >= 11 is 0. The van der Waals surface area contributed by atoms with Gasteiger partial charge in [-0.15, -0.1) is 0 Å². The highest BCUT2D eigenvalue weighted by atomic mass is 19.3. The summed E-state index contributed by atoms with van der Waals surface area (Å²) in [6, 6.07) is 15.4. The third kappa shape index (κ3) is 3.99. The van der Waals surface area contributed by atoms with Crippen molar-refractivity contribution >= 4 is 18.0 Å². The van der Waals surface area contributed by atoms with Crippen LogP contribution in [0.5, 0.6) is 0 Å². The van der Waals surface area contributed by atoms with E-state index >= 15 is 0 Å². The second-order valence-corrected chi connectivity index (χ2v) is 8.63. The Morgan fingerprint density at radius 2 is 1.71 bits per heavy atom. The number of hydrogen-bond acceptors (Lipinski definition) is 4. The van der Waals surface area contributed by atoms with E-state index in [-0.39, 0.29) is 31.9 Å². The first kappa shape index (κ1) is 23.7. The summed E-state index contributed by atoms with van der Waals surface area (Å²) in [5.74, 6) is -7.11. The molecule has 2 aliphatic rings. The molecule has 1 atom stereocenters. The van der Waals surface area contributed by atoms with Gasteiger partial charge < -0.3 is 20.1 Å². The number of benzene rings is 2. The molecule has 34 heavy (non-hydrogen) atoms. The minimum absolute atomic E-state index is 0.0178. The molecular formula is C25H26F2N2O5. The Kier molecular flexibility index (Phi) is 6.29. The van der Waals surface area contributed by atoms with E-state index in [1.165, 1.54) is 0 Å². The largest absolute Gasteiger partial charge is 0.479 e. The molecule has 0 aromatic heterocycles. The first-order chi connectivity index (χ1) is 16.2. The molecule has 0 saturated carbocycles. The first-order valence-corrected chi connectivity index (χ1v) is 11.2. The van der Waals surface area contributed by atoms with Gasteiger partial charge in [0.05, 0.1) is 6.54 Å². The number of likely N-dealkylation sites (tertiary alicyclic amines) is 1. The van der Waals surface area contributed by atoms with Crippen molar-refractivity contribution in [2.45, 2.75) is 43.6 Å². The van der Waals surface area contributed by atoms with Gasteiger partial charge in [-0.05, 0) is 41.5 Å². The van der Waals surface area contributed by atoms with Gasteiger partial charge in [-0.2, -0.15) is 8.78 Å². The highest BCUT2D eigenvalue weighted by molar-refractivity contribution is 5.91. The summed E-state index contributed by atoms with van der Waals surface area (Å²) in [5.41, 5.74) is 2.39. The van der Waals surface area contributed by atoms with Gasteiger partial charge >= 0.3 is 18.0 Å². The number of amides is 2. The number of hydrogen-bond donors (Lipinski definition) is 2.